The van der Waals surface area contributed by atoms with Gasteiger partial charge in [-0.1, -0.05) is 37.3 Å². The third kappa shape index (κ3) is 9.15. The van der Waals surface area contributed by atoms with Gasteiger partial charge in [0.05, 0.1) is 6.42 Å². The van der Waals surface area contributed by atoms with E-state index in [0.29, 0.717) is 0 Å². The Morgan fingerprint density at radius 3 is 1.53 bits per heavy atom. The van der Waals surface area contributed by atoms with Gasteiger partial charge in [-0.2, -0.15) is 0 Å². The molecule has 0 heterocycles. The van der Waals surface area contributed by atoms with Crippen LogP contribution in [0.5, 0.6) is 0 Å². The molecule has 1 rings (SSSR count). The molecular formula is C22H27O10. The molecular weight excluding hydrogens is 424 g/mol. The highest BCUT2D eigenvalue weighted by molar-refractivity contribution is 5.86. The Kier molecular flexibility index (Phi) is 10.9. The minimum absolute atomic E-state index is 0.0129. The highest BCUT2D eigenvalue weighted by atomic mass is 16.6. The standard InChI is InChI=1S/C22H27O10/c1-6-18(23)29-14(3)20(25)31-16(5)22(27)32-15(4)21(26)30-13(2)19(24)28-12-17-10-8-7-9-11-17/h6-11,13-16H,12H2,1-5H3/t13-,14-,15-,16-/m0/s1. The molecule has 1 radical (unpaired) electrons. The van der Waals surface area contributed by atoms with Crippen LogP contribution in [0, 0.1) is 6.42 Å². The molecule has 0 spiro atoms. The van der Waals surface area contributed by atoms with Gasteiger partial charge < -0.3 is 23.7 Å². The Bertz CT molecular complexity index is 804. The van der Waals surface area contributed by atoms with Crippen molar-refractivity contribution in [2.24, 2.45) is 0 Å². The zero-order valence-electron chi connectivity index (χ0n) is 18.6. The molecule has 10 nitrogen and oxygen atoms in total. The third-order valence-electron chi connectivity index (χ3n) is 3.96. The van der Waals surface area contributed by atoms with Gasteiger partial charge in [-0.3, -0.25) is 4.79 Å². The maximum Gasteiger partial charge on any atom is 0.347 e. The lowest BCUT2D eigenvalue weighted by atomic mass is 10.2. The number of ether oxygens (including phenoxy) is 5. The average Bonchev–Trinajstić information content (AvgIpc) is 2.77. The minimum Gasteiger partial charge on any atom is -0.458 e. The molecule has 0 saturated heterocycles. The molecule has 0 amide bonds. The van der Waals surface area contributed by atoms with Crippen molar-refractivity contribution >= 4 is 29.8 Å². The first kappa shape index (κ1) is 26.6. The zero-order chi connectivity index (χ0) is 24.3. The van der Waals surface area contributed by atoms with Crippen LogP contribution in [0.3, 0.4) is 0 Å². The van der Waals surface area contributed by atoms with Gasteiger partial charge in [0, 0.05) is 0 Å². The predicted octanol–water partition coefficient (Wildman–Crippen LogP) is 1.68. The third-order valence-corrected chi connectivity index (χ3v) is 3.96. The second kappa shape index (κ2) is 13.1. The summed E-state index contributed by atoms with van der Waals surface area (Å²) in [6.45, 7) is 6.50. The van der Waals surface area contributed by atoms with Crippen molar-refractivity contribution in [3.8, 4) is 0 Å². The molecule has 0 unspecified atom stereocenters. The SMILES string of the molecule is C[CH]C(=O)O[C@@H](C)C(=O)O[C@@H](C)C(=O)O[C@@H](C)C(=O)O[C@@H](C)C(=O)OCc1ccccc1. The molecule has 32 heavy (non-hydrogen) atoms. The maximum atomic E-state index is 12.1. The number of esters is 5. The normalized spacial score (nSPS) is 14.2. The molecule has 0 aliphatic heterocycles. The fourth-order valence-corrected chi connectivity index (χ4v) is 2.09. The summed E-state index contributed by atoms with van der Waals surface area (Å²) in [6.07, 6.45) is -4.10. The van der Waals surface area contributed by atoms with E-state index in [1.165, 1.54) is 34.6 Å². The van der Waals surface area contributed by atoms with E-state index in [4.69, 9.17) is 23.7 Å². The number of rotatable bonds is 11. The van der Waals surface area contributed by atoms with Crippen molar-refractivity contribution in [3.05, 3.63) is 42.3 Å². The van der Waals surface area contributed by atoms with E-state index in [1.807, 2.05) is 6.07 Å². The van der Waals surface area contributed by atoms with Gasteiger partial charge >= 0.3 is 29.8 Å². The molecule has 0 saturated carbocycles. The lowest BCUT2D eigenvalue weighted by Crippen LogP contribution is -2.37. The van der Waals surface area contributed by atoms with E-state index in [2.05, 4.69) is 0 Å². The first-order valence-electron chi connectivity index (χ1n) is 9.87. The van der Waals surface area contributed by atoms with E-state index >= 15 is 0 Å². The second-order valence-electron chi connectivity index (χ2n) is 6.70. The Balaban J connectivity index is 2.45. The van der Waals surface area contributed by atoms with Crippen molar-refractivity contribution in [1.82, 2.24) is 0 Å². The molecule has 10 heteroatoms. The number of carbonyl (C=O) groups excluding carboxylic acids is 5. The lowest BCUT2D eigenvalue weighted by Gasteiger charge is -2.19. The molecule has 0 aromatic heterocycles. The van der Waals surface area contributed by atoms with Crippen LogP contribution in [0.15, 0.2) is 30.3 Å². The van der Waals surface area contributed by atoms with Crippen molar-refractivity contribution in [3.63, 3.8) is 0 Å². The summed E-state index contributed by atoms with van der Waals surface area (Å²) in [4.78, 5) is 59.1. The van der Waals surface area contributed by atoms with E-state index < -0.39 is 54.3 Å². The van der Waals surface area contributed by atoms with Gasteiger partial charge in [-0.25, -0.2) is 19.2 Å². The summed E-state index contributed by atoms with van der Waals surface area (Å²) in [5, 5.41) is 0. The molecule has 0 aliphatic rings. The van der Waals surface area contributed by atoms with E-state index in [0.717, 1.165) is 12.0 Å². The van der Waals surface area contributed by atoms with Crippen molar-refractivity contribution in [1.29, 1.82) is 0 Å². The van der Waals surface area contributed by atoms with Crippen LogP contribution >= 0.6 is 0 Å². The summed E-state index contributed by atoms with van der Waals surface area (Å²) < 4.78 is 24.5. The van der Waals surface area contributed by atoms with Gasteiger partial charge in [0.2, 0.25) is 0 Å². The summed E-state index contributed by atoms with van der Waals surface area (Å²) in [7, 11) is 0. The molecule has 1 aromatic rings. The summed E-state index contributed by atoms with van der Waals surface area (Å²) in [5.74, 6) is -4.47. The highest BCUT2D eigenvalue weighted by Crippen LogP contribution is 2.08. The molecule has 0 bridgehead atoms. The van der Waals surface area contributed by atoms with Crippen LogP contribution in [0.25, 0.3) is 0 Å². The smallest absolute Gasteiger partial charge is 0.347 e. The molecule has 0 aliphatic carbocycles. The molecule has 0 N–H and O–H groups in total. The Morgan fingerprint density at radius 1 is 0.688 bits per heavy atom. The first-order chi connectivity index (χ1) is 15.0. The van der Waals surface area contributed by atoms with Gasteiger partial charge in [0.15, 0.2) is 24.4 Å². The lowest BCUT2D eigenvalue weighted by molar-refractivity contribution is -0.184. The summed E-state index contributed by atoms with van der Waals surface area (Å²) >= 11 is 0. The number of carbonyl (C=O) groups is 5. The van der Waals surface area contributed by atoms with Crippen LogP contribution in [-0.2, 0) is 54.3 Å². The van der Waals surface area contributed by atoms with Crippen molar-refractivity contribution < 1.29 is 47.7 Å². The Labute approximate surface area is 186 Å². The first-order valence-corrected chi connectivity index (χ1v) is 9.87. The molecule has 4 atom stereocenters. The monoisotopic (exact) mass is 451 g/mol. The summed E-state index contributed by atoms with van der Waals surface area (Å²) in [6, 6.07) is 8.94. The van der Waals surface area contributed by atoms with Gasteiger partial charge in [-0.15, -0.1) is 0 Å². The summed E-state index contributed by atoms with van der Waals surface area (Å²) in [5.41, 5.74) is 0.766. The zero-order valence-corrected chi connectivity index (χ0v) is 18.6. The van der Waals surface area contributed by atoms with Crippen LogP contribution in [0.1, 0.15) is 40.2 Å². The molecule has 1 aromatic carbocycles. The van der Waals surface area contributed by atoms with Crippen molar-refractivity contribution in [2.75, 3.05) is 0 Å². The van der Waals surface area contributed by atoms with E-state index in [-0.39, 0.29) is 6.61 Å². The van der Waals surface area contributed by atoms with Gasteiger partial charge in [0.25, 0.3) is 0 Å². The van der Waals surface area contributed by atoms with Gasteiger partial charge in [0.1, 0.15) is 6.61 Å². The maximum absolute atomic E-state index is 12.1. The fraction of sp³-hybridized carbons (Fsp3) is 0.455. The van der Waals surface area contributed by atoms with Crippen molar-refractivity contribution in [2.45, 2.75) is 65.6 Å². The topological polar surface area (TPSA) is 132 Å². The Morgan fingerprint density at radius 2 is 1.09 bits per heavy atom. The van der Waals surface area contributed by atoms with E-state index in [1.54, 1.807) is 24.3 Å². The number of hydrogen-bond acceptors (Lipinski definition) is 10. The van der Waals surface area contributed by atoms with E-state index in [9.17, 15) is 24.0 Å². The van der Waals surface area contributed by atoms with Gasteiger partial charge in [-0.05, 0) is 33.3 Å². The fourth-order valence-electron chi connectivity index (χ4n) is 2.09. The molecule has 0 fully saturated rings. The number of hydrogen-bond donors (Lipinski definition) is 0. The molecule has 175 valence electrons. The number of benzene rings is 1. The second-order valence-corrected chi connectivity index (χ2v) is 6.70. The minimum atomic E-state index is -1.38. The largest absolute Gasteiger partial charge is 0.458 e. The van der Waals surface area contributed by atoms with Crippen LogP contribution in [-0.4, -0.2) is 54.3 Å². The Hall–Kier alpha value is -3.43. The quantitative estimate of drug-likeness (QED) is 0.361. The van der Waals surface area contributed by atoms with Crippen LogP contribution in [0.2, 0.25) is 0 Å². The highest BCUT2D eigenvalue weighted by Gasteiger charge is 2.30. The average molecular weight is 451 g/mol. The predicted molar refractivity (Wildman–Crippen MR) is 108 cm³/mol. The van der Waals surface area contributed by atoms with Crippen LogP contribution < -0.4 is 0 Å². The van der Waals surface area contributed by atoms with Crippen LogP contribution in [0.4, 0.5) is 0 Å².